The third-order valence-corrected chi connectivity index (χ3v) is 3.56. The number of benzene rings is 1. The predicted molar refractivity (Wildman–Crippen MR) is 83.8 cm³/mol. The van der Waals surface area contributed by atoms with Crippen molar-refractivity contribution in [3.63, 3.8) is 0 Å². The van der Waals surface area contributed by atoms with Gasteiger partial charge in [-0.25, -0.2) is 0 Å². The van der Waals surface area contributed by atoms with Gasteiger partial charge in [-0.2, -0.15) is 0 Å². The lowest BCUT2D eigenvalue weighted by molar-refractivity contribution is -0.138. The molecule has 0 spiro atoms. The van der Waals surface area contributed by atoms with E-state index in [1.54, 1.807) is 12.1 Å². The maximum absolute atomic E-state index is 10.7. The molecule has 1 heterocycles. The Labute approximate surface area is 141 Å². The van der Waals surface area contributed by atoms with Crippen LogP contribution in [0.2, 0.25) is 15.1 Å². The van der Waals surface area contributed by atoms with Crippen molar-refractivity contribution in [3.05, 3.63) is 50.9 Å². The summed E-state index contributed by atoms with van der Waals surface area (Å²) < 4.78 is 11.0. The van der Waals surface area contributed by atoms with E-state index in [1.165, 1.54) is 12.1 Å². The number of rotatable bonds is 6. The molecule has 2 aromatic rings. The molecular formula is C14H12Cl3NO4. The van der Waals surface area contributed by atoms with Crippen LogP contribution >= 0.6 is 34.8 Å². The average molecular weight is 365 g/mol. The smallest absolute Gasteiger partial charge is 0.320 e. The van der Waals surface area contributed by atoms with Crippen LogP contribution in [0.15, 0.2) is 28.7 Å². The second kappa shape index (κ2) is 7.24. The van der Waals surface area contributed by atoms with Crippen LogP contribution in [-0.4, -0.2) is 17.1 Å². The van der Waals surface area contributed by atoms with Gasteiger partial charge in [0.05, 0.1) is 10.0 Å². The maximum atomic E-state index is 10.7. The zero-order chi connectivity index (χ0) is 16.3. The molecule has 22 heavy (non-hydrogen) atoms. The van der Waals surface area contributed by atoms with Gasteiger partial charge in [-0.15, -0.1) is 0 Å². The van der Waals surface area contributed by atoms with Crippen molar-refractivity contribution >= 4 is 40.8 Å². The standard InChI is InChI=1S/C14H12Cl3NO4/c15-7-3-10(16)13(11(17)4-7)21-6-9-2-1-8(22-9)5-12(18)14(19)20/h1-4,12H,5-6,18H2,(H,19,20). The van der Waals surface area contributed by atoms with E-state index in [9.17, 15) is 4.79 Å². The second-order valence-electron chi connectivity index (χ2n) is 4.50. The van der Waals surface area contributed by atoms with E-state index in [-0.39, 0.29) is 23.1 Å². The molecule has 0 saturated carbocycles. The quantitative estimate of drug-likeness (QED) is 0.815. The molecule has 0 amide bonds. The third-order valence-electron chi connectivity index (χ3n) is 2.78. The monoisotopic (exact) mass is 363 g/mol. The number of furan rings is 1. The zero-order valence-corrected chi connectivity index (χ0v) is 13.5. The van der Waals surface area contributed by atoms with Crippen molar-refractivity contribution in [1.82, 2.24) is 0 Å². The van der Waals surface area contributed by atoms with Crippen LogP contribution in [0.5, 0.6) is 5.75 Å². The van der Waals surface area contributed by atoms with Gasteiger partial charge >= 0.3 is 5.97 Å². The molecule has 5 nitrogen and oxygen atoms in total. The molecule has 8 heteroatoms. The summed E-state index contributed by atoms with van der Waals surface area (Å²) in [5, 5.41) is 9.74. The van der Waals surface area contributed by atoms with Gasteiger partial charge in [0.15, 0.2) is 5.75 Å². The summed E-state index contributed by atoms with van der Waals surface area (Å²) in [4.78, 5) is 10.7. The van der Waals surface area contributed by atoms with E-state index in [1.807, 2.05) is 0 Å². The van der Waals surface area contributed by atoms with Crippen molar-refractivity contribution in [2.75, 3.05) is 0 Å². The fraction of sp³-hybridized carbons (Fsp3) is 0.214. The maximum Gasteiger partial charge on any atom is 0.320 e. The summed E-state index contributed by atoms with van der Waals surface area (Å²) in [5.41, 5.74) is 5.44. The first-order chi connectivity index (χ1) is 10.4. The summed E-state index contributed by atoms with van der Waals surface area (Å²) in [5.74, 6) is 0.165. The first-order valence-corrected chi connectivity index (χ1v) is 7.33. The van der Waals surface area contributed by atoms with E-state index >= 15 is 0 Å². The minimum atomic E-state index is -1.09. The van der Waals surface area contributed by atoms with E-state index < -0.39 is 12.0 Å². The fourth-order valence-electron chi connectivity index (χ4n) is 1.72. The van der Waals surface area contributed by atoms with Gasteiger partial charge in [-0.1, -0.05) is 34.8 Å². The number of carbonyl (C=O) groups is 1. The van der Waals surface area contributed by atoms with Gasteiger partial charge in [0.2, 0.25) is 0 Å². The lowest BCUT2D eigenvalue weighted by Gasteiger charge is -2.09. The van der Waals surface area contributed by atoms with E-state index in [2.05, 4.69) is 0 Å². The first-order valence-electron chi connectivity index (χ1n) is 6.20. The van der Waals surface area contributed by atoms with E-state index in [0.717, 1.165) is 0 Å². The van der Waals surface area contributed by atoms with Crippen LogP contribution in [0.4, 0.5) is 0 Å². The lowest BCUT2D eigenvalue weighted by Crippen LogP contribution is -2.32. The highest BCUT2D eigenvalue weighted by atomic mass is 35.5. The fourth-order valence-corrected chi connectivity index (χ4v) is 2.65. The Bertz CT molecular complexity index is 663. The molecule has 0 saturated heterocycles. The van der Waals surface area contributed by atoms with E-state index in [4.69, 9.17) is 54.8 Å². The largest absolute Gasteiger partial charge is 0.483 e. The van der Waals surface area contributed by atoms with Crippen LogP contribution in [-0.2, 0) is 17.8 Å². The average Bonchev–Trinajstić information content (AvgIpc) is 2.84. The normalized spacial score (nSPS) is 12.2. The topological polar surface area (TPSA) is 85.7 Å². The van der Waals surface area contributed by atoms with Crippen molar-refractivity contribution < 1.29 is 19.1 Å². The second-order valence-corrected chi connectivity index (χ2v) is 5.75. The number of aliphatic carboxylic acids is 1. The minimum absolute atomic E-state index is 0.0867. The number of nitrogens with two attached hydrogens (primary N) is 1. The Hall–Kier alpha value is -1.40. The Balaban J connectivity index is 2.01. The highest BCUT2D eigenvalue weighted by Gasteiger charge is 2.15. The van der Waals surface area contributed by atoms with Crippen molar-refractivity contribution in [2.45, 2.75) is 19.1 Å². The Kier molecular flexibility index (Phi) is 5.58. The summed E-state index contributed by atoms with van der Waals surface area (Å²) >= 11 is 17.8. The van der Waals surface area contributed by atoms with Gasteiger partial charge in [-0.3, -0.25) is 4.79 Å². The molecule has 1 atom stereocenters. The van der Waals surface area contributed by atoms with Crippen molar-refractivity contribution in [3.8, 4) is 5.75 Å². The summed E-state index contributed by atoms with van der Waals surface area (Å²) in [6.45, 7) is 0.0867. The molecule has 1 aromatic heterocycles. The molecule has 118 valence electrons. The van der Waals surface area contributed by atoms with Gasteiger partial charge in [0.25, 0.3) is 0 Å². The van der Waals surface area contributed by atoms with Gasteiger partial charge in [0.1, 0.15) is 24.2 Å². The summed E-state index contributed by atoms with van der Waals surface area (Å²) in [6.07, 6.45) is 0.0950. The SMILES string of the molecule is NC(Cc1ccc(COc2c(Cl)cc(Cl)cc2Cl)o1)C(=O)O. The molecule has 2 rings (SSSR count). The van der Waals surface area contributed by atoms with Crippen LogP contribution in [0.25, 0.3) is 0 Å². The molecule has 0 aliphatic heterocycles. The first kappa shape index (κ1) is 17.0. The number of halogens is 3. The van der Waals surface area contributed by atoms with Crippen LogP contribution in [0, 0.1) is 0 Å². The Morgan fingerprint density at radius 1 is 1.23 bits per heavy atom. The van der Waals surface area contributed by atoms with Gasteiger partial charge in [0, 0.05) is 11.4 Å². The molecule has 0 radical (unpaired) electrons. The number of carboxylic acids is 1. The van der Waals surface area contributed by atoms with Gasteiger partial charge < -0.3 is 20.0 Å². The molecule has 1 aromatic carbocycles. The van der Waals surface area contributed by atoms with Crippen molar-refractivity contribution in [2.24, 2.45) is 5.73 Å². The third kappa shape index (κ3) is 4.30. The molecule has 0 aliphatic carbocycles. The molecule has 0 aliphatic rings. The van der Waals surface area contributed by atoms with Gasteiger partial charge in [-0.05, 0) is 24.3 Å². The molecule has 0 fully saturated rings. The number of carboxylic acid groups (broad SMARTS) is 1. The Morgan fingerprint density at radius 2 is 1.82 bits per heavy atom. The Morgan fingerprint density at radius 3 is 2.41 bits per heavy atom. The van der Waals surface area contributed by atoms with Crippen LogP contribution in [0.3, 0.4) is 0 Å². The number of hydrogen-bond acceptors (Lipinski definition) is 4. The van der Waals surface area contributed by atoms with Crippen LogP contribution < -0.4 is 10.5 Å². The minimum Gasteiger partial charge on any atom is -0.483 e. The highest BCUT2D eigenvalue weighted by molar-refractivity contribution is 6.40. The molecule has 3 N–H and O–H groups in total. The number of hydrogen-bond donors (Lipinski definition) is 2. The molecule has 0 bridgehead atoms. The molecular weight excluding hydrogens is 353 g/mol. The van der Waals surface area contributed by atoms with Crippen molar-refractivity contribution in [1.29, 1.82) is 0 Å². The van der Waals surface area contributed by atoms with E-state index in [0.29, 0.717) is 22.3 Å². The highest BCUT2D eigenvalue weighted by Crippen LogP contribution is 2.36. The number of ether oxygens (including phenoxy) is 1. The zero-order valence-electron chi connectivity index (χ0n) is 11.2. The summed E-state index contributed by atoms with van der Waals surface area (Å²) in [7, 11) is 0. The summed E-state index contributed by atoms with van der Waals surface area (Å²) in [6, 6.07) is 5.34. The van der Waals surface area contributed by atoms with Crippen LogP contribution in [0.1, 0.15) is 11.5 Å². The lowest BCUT2D eigenvalue weighted by atomic mass is 10.2. The molecule has 1 unspecified atom stereocenters. The predicted octanol–water partition coefficient (Wildman–Crippen LogP) is 3.77.